The number of hydrogen-bond donors (Lipinski definition) is 1. The maximum atomic E-state index is 6.27. The Balaban J connectivity index is 2.04. The summed E-state index contributed by atoms with van der Waals surface area (Å²) in [5.41, 5.74) is 1.44. The Bertz CT molecular complexity index is 453. The first-order valence-electron chi connectivity index (χ1n) is 6.80. The van der Waals surface area contributed by atoms with E-state index >= 15 is 0 Å². The van der Waals surface area contributed by atoms with Crippen LogP contribution in [0.5, 0.6) is 0 Å². The van der Waals surface area contributed by atoms with Crippen LogP contribution in [0, 0.1) is 5.41 Å². The van der Waals surface area contributed by atoms with Crippen LogP contribution >= 0.6 is 34.8 Å². The topological polar surface area (TPSA) is 12.0 Å². The number of hydrogen-bond acceptors (Lipinski definition) is 1. The van der Waals surface area contributed by atoms with Gasteiger partial charge in [0.1, 0.15) is 0 Å². The summed E-state index contributed by atoms with van der Waals surface area (Å²) in [7, 11) is 0. The quantitative estimate of drug-likeness (QED) is 0.683. The normalized spacial score (nSPS) is 19.6. The Morgan fingerprint density at radius 3 is 2.42 bits per heavy atom. The van der Waals surface area contributed by atoms with E-state index in [1.165, 1.54) is 25.7 Å². The molecule has 4 heteroatoms. The van der Waals surface area contributed by atoms with Crippen molar-refractivity contribution < 1.29 is 0 Å². The maximum Gasteiger partial charge on any atom is 0.0781 e. The molecule has 1 aromatic rings. The highest BCUT2D eigenvalue weighted by molar-refractivity contribution is 6.48. The van der Waals surface area contributed by atoms with Crippen LogP contribution in [0.1, 0.15) is 51.1 Å². The van der Waals surface area contributed by atoms with Gasteiger partial charge in [0.15, 0.2) is 0 Å². The highest BCUT2D eigenvalue weighted by atomic mass is 35.5. The van der Waals surface area contributed by atoms with E-state index in [0.717, 1.165) is 12.1 Å². The molecule has 1 aliphatic rings. The summed E-state index contributed by atoms with van der Waals surface area (Å²) in [5.74, 6) is 0. The molecule has 1 fully saturated rings. The van der Waals surface area contributed by atoms with Crippen molar-refractivity contribution in [1.29, 1.82) is 0 Å². The van der Waals surface area contributed by atoms with E-state index < -0.39 is 0 Å². The lowest BCUT2D eigenvalue weighted by Gasteiger charge is -2.27. The van der Waals surface area contributed by atoms with E-state index in [4.69, 9.17) is 34.8 Å². The third-order valence-corrected chi connectivity index (χ3v) is 5.49. The minimum absolute atomic E-state index is 0.180. The Morgan fingerprint density at radius 1 is 1.16 bits per heavy atom. The van der Waals surface area contributed by atoms with Crippen LogP contribution in [-0.4, -0.2) is 6.54 Å². The van der Waals surface area contributed by atoms with Crippen LogP contribution in [0.15, 0.2) is 12.1 Å². The summed E-state index contributed by atoms with van der Waals surface area (Å²) in [4.78, 5) is 0. The highest BCUT2D eigenvalue weighted by Gasteiger charge is 2.29. The summed E-state index contributed by atoms with van der Waals surface area (Å²) < 4.78 is 0. The highest BCUT2D eigenvalue weighted by Crippen LogP contribution is 2.38. The molecule has 0 radical (unpaired) electrons. The predicted molar refractivity (Wildman–Crippen MR) is 84.5 cm³/mol. The monoisotopic (exact) mass is 319 g/mol. The Morgan fingerprint density at radius 2 is 1.79 bits per heavy atom. The van der Waals surface area contributed by atoms with Gasteiger partial charge in [0.2, 0.25) is 0 Å². The van der Waals surface area contributed by atoms with Crippen molar-refractivity contribution in [3.05, 3.63) is 32.8 Å². The molecule has 0 spiro atoms. The van der Waals surface area contributed by atoms with Gasteiger partial charge in [-0.1, -0.05) is 60.6 Å². The average molecular weight is 321 g/mol. The van der Waals surface area contributed by atoms with Crippen molar-refractivity contribution in [2.24, 2.45) is 5.41 Å². The Labute approximate surface area is 130 Å². The minimum Gasteiger partial charge on any atom is -0.310 e. The van der Waals surface area contributed by atoms with Gasteiger partial charge in [-0.2, -0.15) is 0 Å². The molecular formula is C15H20Cl3N. The molecule has 0 saturated heterocycles. The first-order chi connectivity index (χ1) is 8.93. The van der Waals surface area contributed by atoms with E-state index in [-0.39, 0.29) is 6.04 Å². The van der Waals surface area contributed by atoms with Crippen LogP contribution in [0.25, 0.3) is 0 Å². The van der Waals surface area contributed by atoms with Crippen molar-refractivity contribution in [2.75, 3.05) is 6.54 Å². The first kappa shape index (κ1) is 15.4. The second-order valence-corrected chi connectivity index (χ2v) is 7.05. The fourth-order valence-corrected chi connectivity index (χ4v) is 3.50. The third-order valence-electron chi connectivity index (χ3n) is 4.18. The molecule has 1 aliphatic carbocycles. The molecule has 0 heterocycles. The number of halogens is 3. The number of rotatable bonds is 4. The van der Waals surface area contributed by atoms with Crippen molar-refractivity contribution in [3.63, 3.8) is 0 Å². The Hall–Kier alpha value is 0.0500. The lowest BCUT2D eigenvalue weighted by atomic mass is 9.88. The fourth-order valence-electron chi connectivity index (χ4n) is 2.79. The second-order valence-electron chi connectivity index (χ2n) is 5.88. The van der Waals surface area contributed by atoms with E-state index in [9.17, 15) is 0 Å². The molecule has 1 aromatic carbocycles. The molecule has 1 atom stereocenters. The molecule has 106 valence electrons. The molecule has 1 N–H and O–H groups in total. The van der Waals surface area contributed by atoms with Gasteiger partial charge < -0.3 is 5.32 Å². The van der Waals surface area contributed by atoms with Crippen LogP contribution < -0.4 is 5.32 Å². The molecule has 1 saturated carbocycles. The number of benzene rings is 1. The van der Waals surface area contributed by atoms with Crippen LogP contribution in [0.4, 0.5) is 0 Å². The fraction of sp³-hybridized carbons (Fsp3) is 0.600. The Kier molecular flexibility index (Phi) is 5.05. The maximum absolute atomic E-state index is 6.27. The largest absolute Gasteiger partial charge is 0.310 e. The molecule has 0 aromatic heterocycles. The zero-order valence-electron chi connectivity index (χ0n) is 11.4. The smallest absolute Gasteiger partial charge is 0.0781 e. The molecule has 1 nitrogen and oxygen atoms in total. The molecule has 1 unspecified atom stereocenters. The summed E-state index contributed by atoms with van der Waals surface area (Å²) in [6.07, 6.45) is 5.31. The average Bonchev–Trinajstić information content (AvgIpc) is 2.81. The van der Waals surface area contributed by atoms with Gasteiger partial charge in [0.25, 0.3) is 0 Å². The van der Waals surface area contributed by atoms with Gasteiger partial charge in [-0.15, -0.1) is 0 Å². The van der Waals surface area contributed by atoms with Gasteiger partial charge in [-0.3, -0.25) is 0 Å². The van der Waals surface area contributed by atoms with E-state index in [0.29, 0.717) is 20.5 Å². The van der Waals surface area contributed by atoms with Gasteiger partial charge in [-0.25, -0.2) is 0 Å². The molecule has 2 rings (SSSR count). The van der Waals surface area contributed by atoms with Crippen LogP contribution in [0.2, 0.25) is 15.1 Å². The molecule has 19 heavy (non-hydrogen) atoms. The molecule has 0 bridgehead atoms. The summed E-state index contributed by atoms with van der Waals surface area (Å²) in [5, 5.41) is 5.09. The molecule has 0 amide bonds. The lowest BCUT2D eigenvalue weighted by molar-refractivity contribution is 0.302. The summed E-state index contributed by atoms with van der Waals surface area (Å²) in [6.45, 7) is 5.49. The van der Waals surface area contributed by atoms with E-state index in [2.05, 4.69) is 19.2 Å². The third kappa shape index (κ3) is 3.58. The first-order valence-corrected chi connectivity index (χ1v) is 7.93. The van der Waals surface area contributed by atoms with Crippen LogP contribution in [0.3, 0.4) is 0 Å². The van der Waals surface area contributed by atoms with Gasteiger partial charge in [0.05, 0.1) is 15.1 Å². The van der Waals surface area contributed by atoms with E-state index in [1.807, 2.05) is 6.07 Å². The van der Waals surface area contributed by atoms with Gasteiger partial charge >= 0.3 is 0 Å². The molecule has 0 aliphatic heterocycles. The second kappa shape index (κ2) is 6.22. The van der Waals surface area contributed by atoms with Crippen molar-refractivity contribution in [1.82, 2.24) is 5.32 Å². The summed E-state index contributed by atoms with van der Waals surface area (Å²) in [6, 6.07) is 3.94. The zero-order chi connectivity index (χ0) is 14.0. The van der Waals surface area contributed by atoms with Gasteiger partial charge in [0, 0.05) is 12.6 Å². The zero-order valence-corrected chi connectivity index (χ0v) is 13.7. The van der Waals surface area contributed by atoms with Crippen molar-refractivity contribution >= 4 is 34.8 Å². The van der Waals surface area contributed by atoms with E-state index in [1.54, 1.807) is 6.07 Å². The molecular weight excluding hydrogens is 301 g/mol. The van der Waals surface area contributed by atoms with Crippen molar-refractivity contribution in [3.8, 4) is 0 Å². The minimum atomic E-state index is 0.180. The van der Waals surface area contributed by atoms with Crippen molar-refractivity contribution in [2.45, 2.75) is 45.6 Å². The predicted octanol–water partition coefficient (Wildman–Crippen LogP) is 5.88. The van der Waals surface area contributed by atoms with Crippen LogP contribution in [-0.2, 0) is 0 Å². The van der Waals surface area contributed by atoms with Gasteiger partial charge in [-0.05, 0) is 36.8 Å². The number of nitrogens with one attached hydrogen (secondary N) is 1. The summed E-state index contributed by atoms with van der Waals surface area (Å²) >= 11 is 18.3. The standard InChI is InChI=1S/C15H20Cl3N/c1-10(19-9-15(2)7-3-4-8-15)11-5-6-12(16)14(18)13(11)17/h5-6,10,19H,3-4,7-9H2,1-2H3. The lowest BCUT2D eigenvalue weighted by Crippen LogP contribution is -2.31. The SMILES string of the molecule is CC(NCC1(C)CCCC1)c1ccc(Cl)c(Cl)c1Cl.